The van der Waals surface area contributed by atoms with E-state index in [9.17, 15) is 18.0 Å². The quantitative estimate of drug-likeness (QED) is 0.641. The first-order valence-electron chi connectivity index (χ1n) is 7.65. The standard InChI is InChI=1S/C17H19BrF3NO/c1-15(2)13-8-10-4-5-11(18)9-12(10)16(15,3)6-7-22(13)14(23)17(19,20)21/h4-5,9,13H,6-8H2,1-3H3. The van der Waals surface area contributed by atoms with Gasteiger partial charge < -0.3 is 4.90 Å². The van der Waals surface area contributed by atoms with E-state index < -0.39 is 23.5 Å². The van der Waals surface area contributed by atoms with Gasteiger partial charge in [-0.15, -0.1) is 0 Å². The zero-order valence-electron chi connectivity index (χ0n) is 13.3. The summed E-state index contributed by atoms with van der Waals surface area (Å²) in [7, 11) is 0. The molecule has 0 saturated carbocycles. The first-order valence-corrected chi connectivity index (χ1v) is 8.44. The number of hydrogen-bond acceptors (Lipinski definition) is 1. The van der Waals surface area contributed by atoms with Crippen LogP contribution in [0.1, 0.15) is 38.3 Å². The number of nitrogens with zero attached hydrogens (tertiary/aromatic N) is 1. The molecule has 2 bridgehead atoms. The number of alkyl halides is 3. The van der Waals surface area contributed by atoms with Crippen LogP contribution >= 0.6 is 15.9 Å². The van der Waals surface area contributed by atoms with Crippen LogP contribution in [-0.4, -0.2) is 29.6 Å². The Morgan fingerprint density at radius 3 is 2.57 bits per heavy atom. The molecule has 1 heterocycles. The van der Waals surface area contributed by atoms with Crippen LogP contribution in [0.25, 0.3) is 0 Å². The van der Waals surface area contributed by atoms with E-state index in [0.29, 0.717) is 12.8 Å². The molecular weight excluding hydrogens is 371 g/mol. The van der Waals surface area contributed by atoms with Gasteiger partial charge in [-0.2, -0.15) is 13.2 Å². The SMILES string of the molecule is CC12CCN(C(=O)C(F)(F)F)C(Cc3ccc(Br)cc31)C2(C)C. The summed E-state index contributed by atoms with van der Waals surface area (Å²) in [4.78, 5) is 12.9. The molecule has 6 heteroatoms. The third-order valence-corrected chi connectivity index (χ3v) is 6.56. The number of hydrogen-bond donors (Lipinski definition) is 0. The Kier molecular flexibility index (Phi) is 3.64. The molecule has 1 amide bonds. The Morgan fingerprint density at radius 1 is 1.30 bits per heavy atom. The van der Waals surface area contributed by atoms with Crippen LogP contribution in [0.2, 0.25) is 0 Å². The Bertz CT molecular complexity index is 670. The zero-order valence-corrected chi connectivity index (χ0v) is 14.9. The molecule has 3 rings (SSSR count). The van der Waals surface area contributed by atoms with Gasteiger partial charge in [0.25, 0.3) is 0 Å². The van der Waals surface area contributed by atoms with Crippen LogP contribution in [0.4, 0.5) is 13.2 Å². The zero-order chi connectivity index (χ0) is 17.2. The predicted octanol–water partition coefficient (Wildman–Crippen LogP) is 4.45. The number of benzene rings is 1. The molecule has 1 aromatic carbocycles. The molecule has 0 spiro atoms. The predicted molar refractivity (Wildman–Crippen MR) is 85.2 cm³/mol. The van der Waals surface area contributed by atoms with E-state index >= 15 is 0 Å². The summed E-state index contributed by atoms with van der Waals surface area (Å²) in [6, 6.07) is 5.51. The Hall–Kier alpha value is -1.04. The van der Waals surface area contributed by atoms with Crippen LogP contribution in [0, 0.1) is 5.41 Å². The normalized spacial score (nSPS) is 29.2. The first-order chi connectivity index (χ1) is 10.5. The second-order valence-electron chi connectivity index (χ2n) is 7.32. The lowest BCUT2D eigenvalue weighted by Gasteiger charge is -2.60. The molecule has 2 nitrogen and oxygen atoms in total. The summed E-state index contributed by atoms with van der Waals surface area (Å²) in [6.45, 7) is 6.23. The lowest BCUT2D eigenvalue weighted by molar-refractivity contribution is -0.195. The lowest BCUT2D eigenvalue weighted by Crippen LogP contribution is -2.66. The maximum absolute atomic E-state index is 13.0. The van der Waals surface area contributed by atoms with E-state index in [-0.39, 0.29) is 12.0 Å². The van der Waals surface area contributed by atoms with Crippen LogP contribution in [0.3, 0.4) is 0 Å². The van der Waals surface area contributed by atoms with Crippen LogP contribution in [0.5, 0.6) is 0 Å². The number of carbonyl (C=O) groups is 1. The van der Waals surface area contributed by atoms with E-state index in [1.54, 1.807) is 0 Å². The van der Waals surface area contributed by atoms with Crippen molar-refractivity contribution in [2.75, 3.05) is 6.54 Å². The first kappa shape index (κ1) is 16.8. The van der Waals surface area contributed by atoms with Gasteiger partial charge in [0.05, 0.1) is 0 Å². The van der Waals surface area contributed by atoms with Gasteiger partial charge in [-0.25, -0.2) is 0 Å². The largest absolute Gasteiger partial charge is 0.471 e. The second-order valence-corrected chi connectivity index (χ2v) is 8.24. The molecule has 1 aliphatic heterocycles. The van der Waals surface area contributed by atoms with E-state index in [0.717, 1.165) is 14.9 Å². The fourth-order valence-corrected chi connectivity index (χ4v) is 4.64. The average Bonchev–Trinajstić information content (AvgIpc) is 2.42. The van der Waals surface area contributed by atoms with Gasteiger partial charge in [0.1, 0.15) is 0 Å². The molecular formula is C17H19BrF3NO. The summed E-state index contributed by atoms with van der Waals surface area (Å²) in [6.07, 6.45) is -3.82. The highest BCUT2D eigenvalue weighted by molar-refractivity contribution is 9.10. The number of rotatable bonds is 0. The third kappa shape index (κ3) is 2.32. The average molecular weight is 390 g/mol. The van der Waals surface area contributed by atoms with Gasteiger partial charge in [0.2, 0.25) is 0 Å². The monoisotopic (exact) mass is 389 g/mol. The Morgan fingerprint density at radius 2 is 1.96 bits per heavy atom. The van der Waals surface area contributed by atoms with E-state index in [1.165, 1.54) is 5.56 Å². The van der Waals surface area contributed by atoms with Gasteiger partial charge >= 0.3 is 12.1 Å². The maximum atomic E-state index is 13.0. The molecule has 0 aromatic heterocycles. The minimum Gasteiger partial charge on any atom is -0.331 e. The lowest BCUT2D eigenvalue weighted by atomic mass is 9.51. The molecule has 1 aliphatic carbocycles. The van der Waals surface area contributed by atoms with E-state index in [2.05, 4.69) is 28.9 Å². The van der Waals surface area contributed by atoms with Crippen LogP contribution in [-0.2, 0) is 16.6 Å². The smallest absolute Gasteiger partial charge is 0.331 e. The highest BCUT2D eigenvalue weighted by atomic mass is 79.9. The number of halogens is 4. The van der Waals surface area contributed by atoms with Gasteiger partial charge in [0, 0.05) is 22.5 Å². The summed E-state index contributed by atoms with van der Waals surface area (Å²) < 4.78 is 39.8. The van der Waals surface area contributed by atoms with Gasteiger partial charge in [-0.3, -0.25) is 4.79 Å². The van der Waals surface area contributed by atoms with Crippen molar-refractivity contribution >= 4 is 21.8 Å². The molecule has 1 saturated heterocycles. The Balaban J connectivity index is 2.11. The molecule has 0 N–H and O–H groups in total. The number of fused-ring (bicyclic) bond motifs is 4. The number of piperidine rings is 1. The van der Waals surface area contributed by atoms with Gasteiger partial charge in [0.15, 0.2) is 0 Å². The summed E-state index contributed by atoms with van der Waals surface area (Å²) in [5.41, 5.74) is 1.55. The van der Waals surface area contributed by atoms with E-state index in [4.69, 9.17) is 0 Å². The highest BCUT2D eigenvalue weighted by Gasteiger charge is 2.59. The van der Waals surface area contributed by atoms with Crippen molar-refractivity contribution in [3.63, 3.8) is 0 Å². The minimum absolute atomic E-state index is 0.148. The molecule has 2 atom stereocenters. The molecule has 126 valence electrons. The van der Waals surface area contributed by atoms with Crippen molar-refractivity contribution in [1.29, 1.82) is 0 Å². The summed E-state index contributed by atoms with van der Waals surface area (Å²) >= 11 is 3.49. The van der Waals surface area contributed by atoms with Crippen molar-refractivity contribution in [3.8, 4) is 0 Å². The summed E-state index contributed by atoms with van der Waals surface area (Å²) in [5.74, 6) is -1.71. The second kappa shape index (κ2) is 4.98. The summed E-state index contributed by atoms with van der Waals surface area (Å²) in [5, 5.41) is 0. The van der Waals surface area contributed by atoms with Crippen molar-refractivity contribution < 1.29 is 18.0 Å². The van der Waals surface area contributed by atoms with Gasteiger partial charge in [-0.05, 0) is 41.5 Å². The topological polar surface area (TPSA) is 20.3 Å². The van der Waals surface area contributed by atoms with Crippen molar-refractivity contribution in [1.82, 2.24) is 4.90 Å². The molecule has 2 unspecified atom stereocenters. The number of carbonyl (C=O) groups excluding carboxylic acids is 1. The fourth-order valence-electron chi connectivity index (χ4n) is 4.28. The van der Waals surface area contributed by atoms with Crippen LogP contribution < -0.4 is 0 Å². The Labute approximate surface area is 142 Å². The molecule has 1 fully saturated rings. The molecule has 2 aliphatic rings. The molecule has 23 heavy (non-hydrogen) atoms. The van der Waals surface area contributed by atoms with Crippen molar-refractivity contribution in [3.05, 3.63) is 33.8 Å². The van der Waals surface area contributed by atoms with Crippen molar-refractivity contribution in [2.45, 2.75) is 51.2 Å². The number of amides is 1. The minimum atomic E-state index is -4.82. The maximum Gasteiger partial charge on any atom is 0.471 e. The number of likely N-dealkylation sites (tertiary alicyclic amines) is 1. The van der Waals surface area contributed by atoms with Crippen LogP contribution in [0.15, 0.2) is 22.7 Å². The fraction of sp³-hybridized carbons (Fsp3) is 0.588. The van der Waals surface area contributed by atoms with Gasteiger partial charge in [-0.1, -0.05) is 42.8 Å². The molecule has 0 radical (unpaired) electrons. The third-order valence-electron chi connectivity index (χ3n) is 6.07. The van der Waals surface area contributed by atoms with Crippen molar-refractivity contribution in [2.24, 2.45) is 5.41 Å². The highest BCUT2D eigenvalue weighted by Crippen LogP contribution is 2.56. The van der Waals surface area contributed by atoms with E-state index in [1.807, 2.05) is 26.0 Å². The molecule has 1 aromatic rings.